The van der Waals surface area contributed by atoms with Crippen LogP contribution in [0.4, 0.5) is 0 Å². The predicted octanol–water partition coefficient (Wildman–Crippen LogP) is 3.18. The van der Waals surface area contributed by atoms with E-state index < -0.39 is 0 Å². The van der Waals surface area contributed by atoms with Crippen LogP contribution in [0.5, 0.6) is 0 Å². The number of hydrogen-bond donors (Lipinski definition) is 1. The molecule has 0 bridgehead atoms. The fourth-order valence-corrected chi connectivity index (χ4v) is 4.59. The molecule has 0 radical (unpaired) electrons. The van der Waals surface area contributed by atoms with E-state index in [-0.39, 0.29) is 0 Å². The van der Waals surface area contributed by atoms with E-state index in [9.17, 15) is 0 Å². The summed E-state index contributed by atoms with van der Waals surface area (Å²) in [5.41, 5.74) is 6.61. The molecular weight excluding hydrogens is 190 g/mol. The first-order chi connectivity index (χ1) is 6.74. The molecule has 82 valence electrons. The molecule has 2 aliphatic rings. The SMILES string of the molecule is CSC1(CN)CC2(CCCCCC2)C1. The van der Waals surface area contributed by atoms with E-state index in [2.05, 4.69) is 6.26 Å². The molecule has 0 aromatic rings. The third-order valence-electron chi connectivity index (χ3n) is 4.36. The van der Waals surface area contributed by atoms with Gasteiger partial charge in [-0.15, -0.1) is 0 Å². The minimum Gasteiger partial charge on any atom is -0.329 e. The van der Waals surface area contributed by atoms with Crippen molar-refractivity contribution in [2.75, 3.05) is 12.8 Å². The lowest BCUT2D eigenvalue weighted by Gasteiger charge is -2.55. The lowest BCUT2D eigenvalue weighted by molar-refractivity contribution is 0.0661. The van der Waals surface area contributed by atoms with E-state index in [1.807, 2.05) is 11.8 Å². The molecule has 0 unspecified atom stereocenters. The van der Waals surface area contributed by atoms with Crippen LogP contribution >= 0.6 is 11.8 Å². The zero-order chi connectivity index (χ0) is 10.1. The Morgan fingerprint density at radius 3 is 2.07 bits per heavy atom. The molecule has 0 heterocycles. The first-order valence-electron chi connectivity index (χ1n) is 6.00. The molecule has 2 saturated carbocycles. The molecule has 0 amide bonds. The van der Waals surface area contributed by atoms with Crippen molar-refractivity contribution >= 4 is 11.8 Å². The summed E-state index contributed by atoms with van der Waals surface area (Å²) in [6.07, 6.45) is 13.9. The van der Waals surface area contributed by atoms with Crippen LogP contribution in [-0.2, 0) is 0 Å². The summed E-state index contributed by atoms with van der Waals surface area (Å²) in [6, 6.07) is 0. The molecule has 2 N–H and O–H groups in total. The summed E-state index contributed by atoms with van der Waals surface area (Å²) in [5, 5.41) is 0. The van der Waals surface area contributed by atoms with Gasteiger partial charge in [0, 0.05) is 11.3 Å². The molecule has 0 atom stereocenters. The highest BCUT2D eigenvalue weighted by molar-refractivity contribution is 8.00. The Labute approximate surface area is 92.2 Å². The highest BCUT2D eigenvalue weighted by atomic mass is 32.2. The fourth-order valence-electron chi connectivity index (χ4n) is 3.52. The highest BCUT2D eigenvalue weighted by Gasteiger charge is 2.52. The summed E-state index contributed by atoms with van der Waals surface area (Å²) < 4.78 is 0.463. The van der Waals surface area contributed by atoms with Gasteiger partial charge in [-0.25, -0.2) is 0 Å². The van der Waals surface area contributed by atoms with Crippen molar-refractivity contribution in [2.24, 2.45) is 11.1 Å². The molecule has 0 saturated heterocycles. The van der Waals surface area contributed by atoms with Crippen molar-refractivity contribution in [3.63, 3.8) is 0 Å². The van der Waals surface area contributed by atoms with Gasteiger partial charge in [0.2, 0.25) is 0 Å². The van der Waals surface area contributed by atoms with Crippen LogP contribution < -0.4 is 5.73 Å². The molecule has 2 heteroatoms. The van der Waals surface area contributed by atoms with Gasteiger partial charge in [0.1, 0.15) is 0 Å². The van der Waals surface area contributed by atoms with Crippen molar-refractivity contribution in [3.8, 4) is 0 Å². The number of nitrogens with two attached hydrogens (primary N) is 1. The summed E-state index contributed by atoms with van der Waals surface area (Å²) in [4.78, 5) is 0. The highest BCUT2D eigenvalue weighted by Crippen LogP contribution is 2.60. The van der Waals surface area contributed by atoms with Crippen molar-refractivity contribution < 1.29 is 0 Å². The van der Waals surface area contributed by atoms with Gasteiger partial charge in [0.25, 0.3) is 0 Å². The number of thioether (sulfide) groups is 1. The van der Waals surface area contributed by atoms with Crippen LogP contribution in [0.1, 0.15) is 51.4 Å². The minimum atomic E-state index is 0.463. The van der Waals surface area contributed by atoms with Crippen molar-refractivity contribution in [3.05, 3.63) is 0 Å². The smallest absolute Gasteiger partial charge is 0.0290 e. The molecule has 2 fully saturated rings. The van der Waals surface area contributed by atoms with E-state index in [1.165, 1.54) is 51.4 Å². The van der Waals surface area contributed by atoms with E-state index in [0.717, 1.165) is 12.0 Å². The molecule has 0 aliphatic heterocycles. The predicted molar refractivity (Wildman–Crippen MR) is 64.7 cm³/mol. The monoisotopic (exact) mass is 213 g/mol. The van der Waals surface area contributed by atoms with Gasteiger partial charge in [-0.2, -0.15) is 11.8 Å². The molecule has 2 aliphatic carbocycles. The van der Waals surface area contributed by atoms with E-state index in [4.69, 9.17) is 5.73 Å². The second-order valence-corrected chi connectivity index (χ2v) is 6.63. The summed E-state index contributed by atoms with van der Waals surface area (Å²) >= 11 is 2.01. The van der Waals surface area contributed by atoms with Gasteiger partial charge in [-0.1, -0.05) is 25.7 Å². The maximum Gasteiger partial charge on any atom is 0.0290 e. The molecule has 0 aromatic heterocycles. The second-order valence-electron chi connectivity index (χ2n) is 5.36. The Bertz CT molecular complexity index is 180. The lowest BCUT2D eigenvalue weighted by atomic mass is 9.58. The van der Waals surface area contributed by atoms with Crippen LogP contribution in [0, 0.1) is 5.41 Å². The standard InChI is InChI=1S/C12H23NS/c1-14-12(10-13)8-11(9-12)6-4-2-3-5-7-11/h2-10,13H2,1H3. The van der Waals surface area contributed by atoms with Gasteiger partial charge >= 0.3 is 0 Å². The van der Waals surface area contributed by atoms with Crippen LogP contribution in [0.25, 0.3) is 0 Å². The summed E-state index contributed by atoms with van der Waals surface area (Å²) in [5.74, 6) is 0. The fraction of sp³-hybridized carbons (Fsp3) is 1.00. The zero-order valence-electron chi connectivity index (χ0n) is 9.35. The Hall–Kier alpha value is 0.310. The molecule has 14 heavy (non-hydrogen) atoms. The number of rotatable bonds is 2. The van der Waals surface area contributed by atoms with Crippen molar-refractivity contribution in [2.45, 2.75) is 56.1 Å². The normalized spacial score (nSPS) is 29.6. The summed E-state index contributed by atoms with van der Waals surface area (Å²) in [6.45, 7) is 0.885. The average Bonchev–Trinajstić information content (AvgIpc) is 2.40. The Morgan fingerprint density at radius 2 is 1.64 bits per heavy atom. The maximum atomic E-state index is 5.89. The maximum absolute atomic E-state index is 5.89. The van der Waals surface area contributed by atoms with E-state index in [1.54, 1.807) is 0 Å². The molecule has 0 aromatic carbocycles. The van der Waals surface area contributed by atoms with Crippen molar-refractivity contribution in [1.82, 2.24) is 0 Å². The molecular formula is C12H23NS. The van der Waals surface area contributed by atoms with Gasteiger partial charge in [-0.05, 0) is 37.4 Å². The minimum absolute atomic E-state index is 0.463. The van der Waals surface area contributed by atoms with Gasteiger partial charge in [-0.3, -0.25) is 0 Å². The Kier molecular flexibility index (Phi) is 3.13. The quantitative estimate of drug-likeness (QED) is 0.762. The third kappa shape index (κ3) is 1.83. The van der Waals surface area contributed by atoms with Gasteiger partial charge in [0.15, 0.2) is 0 Å². The van der Waals surface area contributed by atoms with Crippen LogP contribution in [0.3, 0.4) is 0 Å². The van der Waals surface area contributed by atoms with Crippen LogP contribution in [0.15, 0.2) is 0 Å². The number of hydrogen-bond acceptors (Lipinski definition) is 2. The Morgan fingerprint density at radius 1 is 1.07 bits per heavy atom. The summed E-state index contributed by atoms with van der Waals surface area (Å²) in [7, 11) is 0. The van der Waals surface area contributed by atoms with Crippen LogP contribution in [0.2, 0.25) is 0 Å². The molecule has 2 rings (SSSR count). The van der Waals surface area contributed by atoms with E-state index in [0.29, 0.717) is 4.75 Å². The zero-order valence-corrected chi connectivity index (χ0v) is 10.2. The van der Waals surface area contributed by atoms with E-state index >= 15 is 0 Å². The Balaban J connectivity index is 1.94. The van der Waals surface area contributed by atoms with Crippen molar-refractivity contribution in [1.29, 1.82) is 0 Å². The molecule has 1 spiro atoms. The van der Waals surface area contributed by atoms with Crippen LogP contribution in [-0.4, -0.2) is 17.5 Å². The van der Waals surface area contributed by atoms with Gasteiger partial charge in [0.05, 0.1) is 0 Å². The topological polar surface area (TPSA) is 26.0 Å². The third-order valence-corrected chi connectivity index (χ3v) is 5.68. The lowest BCUT2D eigenvalue weighted by Crippen LogP contribution is -2.53. The second kappa shape index (κ2) is 4.05. The first kappa shape index (κ1) is 10.8. The van der Waals surface area contributed by atoms with Gasteiger partial charge < -0.3 is 5.73 Å². The first-order valence-corrected chi connectivity index (χ1v) is 7.22. The largest absolute Gasteiger partial charge is 0.329 e. The molecule has 1 nitrogen and oxygen atoms in total. The average molecular weight is 213 g/mol.